The zero-order valence-electron chi connectivity index (χ0n) is 12.4. The van der Waals surface area contributed by atoms with E-state index in [1.165, 1.54) is 25.7 Å². The molecule has 0 aromatic heterocycles. The number of nitrogens with one attached hydrogen (secondary N) is 2. The van der Waals surface area contributed by atoms with Crippen LogP contribution in [-0.2, 0) is 0 Å². The lowest BCUT2D eigenvalue weighted by Gasteiger charge is -2.08. The maximum atomic E-state index is 5.68. The second-order valence-electron chi connectivity index (χ2n) is 5.45. The molecule has 4 nitrogen and oxygen atoms in total. The molecule has 0 aliphatic heterocycles. The molecular weight excluding hydrogens is 224 g/mol. The summed E-state index contributed by atoms with van der Waals surface area (Å²) >= 11 is 0. The number of hydrogen-bond acceptors (Lipinski definition) is 4. The van der Waals surface area contributed by atoms with Crippen LogP contribution in [0.2, 0.25) is 0 Å². The first-order chi connectivity index (χ1) is 8.63. The van der Waals surface area contributed by atoms with E-state index in [4.69, 9.17) is 11.5 Å². The van der Waals surface area contributed by atoms with E-state index in [-0.39, 0.29) is 0 Å². The summed E-state index contributed by atoms with van der Waals surface area (Å²) in [7, 11) is 0. The van der Waals surface area contributed by atoms with Crippen molar-refractivity contribution in [1.82, 2.24) is 10.6 Å². The van der Waals surface area contributed by atoms with Crippen LogP contribution in [0.4, 0.5) is 0 Å². The van der Waals surface area contributed by atoms with Gasteiger partial charge in [0.1, 0.15) is 0 Å². The third-order valence-electron chi connectivity index (χ3n) is 3.01. The van der Waals surface area contributed by atoms with Crippen LogP contribution in [0.5, 0.6) is 0 Å². The summed E-state index contributed by atoms with van der Waals surface area (Å²) in [5.74, 6) is 0. The average molecular weight is 258 g/mol. The van der Waals surface area contributed by atoms with E-state index in [9.17, 15) is 0 Å². The molecule has 0 aliphatic rings. The first kappa shape index (κ1) is 17.8. The van der Waals surface area contributed by atoms with Gasteiger partial charge in [-0.2, -0.15) is 0 Å². The third kappa shape index (κ3) is 15.8. The highest BCUT2D eigenvalue weighted by molar-refractivity contribution is 4.58. The van der Waals surface area contributed by atoms with Crippen molar-refractivity contribution in [3.63, 3.8) is 0 Å². The Hall–Kier alpha value is -0.160. The van der Waals surface area contributed by atoms with Gasteiger partial charge in [0.05, 0.1) is 0 Å². The van der Waals surface area contributed by atoms with E-state index in [1.54, 1.807) is 0 Å². The minimum absolute atomic E-state index is 0.319. The monoisotopic (exact) mass is 258 g/mol. The number of unbranched alkanes of at least 4 members (excludes halogenated alkanes) is 3. The topological polar surface area (TPSA) is 76.1 Å². The van der Waals surface area contributed by atoms with Crippen molar-refractivity contribution in [3.05, 3.63) is 0 Å². The minimum Gasteiger partial charge on any atom is -0.328 e. The Morgan fingerprint density at radius 1 is 0.667 bits per heavy atom. The zero-order valence-corrected chi connectivity index (χ0v) is 12.4. The molecule has 0 rings (SSSR count). The average Bonchev–Trinajstić information content (AvgIpc) is 2.29. The van der Waals surface area contributed by atoms with Gasteiger partial charge in [-0.1, -0.05) is 12.8 Å². The van der Waals surface area contributed by atoms with Crippen LogP contribution in [0.25, 0.3) is 0 Å². The zero-order chi connectivity index (χ0) is 13.6. The fourth-order valence-corrected chi connectivity index (χ4v) is 1.76. The highest BCUT2D eigenvalue weighted by Gasteiger charge is 1.95. The quantitative estimate of drug-likeness (QED) is 0.374. The molecule has 18 heavy (non-hydrogen) atoms. The number of rotatable bonds is 13. The van der Waals surface area contributed by atoms with Gasteiger partial charge >= 0.3 is 0 Å². The van der Waals surface area contributed by atoms with E-state index in [0.717, 1.165) is 39.0 Å². The van der Waals surface area contributed by atoms with Crippen molar-refractivity contribution in [3.8, 4) is 0 Å². The van der Waals surface area contributed by atoms with Crippen molar-refractivity contribution in [2.24, 2.45) is 11.5 Å². The van der Waals surface area contributed by atoms with Crippen LogP contribution in [0.1, 0.15) is 52.4 Å². The molecule has 2 atom stereocenters. The molecule has 0 aromatic carbocycles. The second-order valence-corrected chi connectivity index (χ2v) is 5.45. The molecule has 0 spiro atoms. The van der Waals surface area contributed by atoms with Gasteiger partial charge in [0, 0.05) is 12.1 Å². The Morgan fingerprint density at radius 3 is 1.39 bits per heavy atom. The normalized spacial score (nSPS) is 14.7. The first-order valence-corrected chi connectivity index (χ1v) is 7.55. The molecule has 0 radical (unpaired) electrons. The Balaban J connectivity index is 2.95. The highest BCUT2D eigenvalue weighted by atomic mass is 14.9. The van der Waals surface area contributed by atoms with Crippen LogP contribution in [0, 0.1) is 0 Å². The van der Waals surface area contributed by atoms with Crippen LogP contribution < -0.4 is 22.1 Å². The summed E-state index contributed by atoms with van der Waals surface area (Å²) in [6.07, 6.45) is 7.34. The maximum Gasteiger partial charge on any atom is 0.00225 e. The molecule has 0 bridgehead atoms. The third-order valence-corrected chi connectivity index (χ3v) is 3.01. The van der Waals surface area contributed by atoms with Gasteiger partial charge in [0.15, 0.2) is 0 Å². The molecule has 0 fully saturated rings. The van der Waals surface area contributed by atoms with Gasteiger partial charge in [0.25, 0.3) is 0 Å². The lowest BCUT2D eigenvalue weighted by molar-refractivity contribution is 0.533. The van der Waals surface area contributed by atoms with Gasteiger partial charge in [-0.3, -0.25) is 0 Å². The Labute approximate surface area is 113 Å². The summed E-state index contributed by atoms with van der Waals surface area (Å²) < 4.78 is 0. The van der Waals surface area contributed by atoms with Gasteiger partial charge in [-0.15, -0.1) is 0 Å². The Bertz CT molecular complexity index is 142. The predicted molar refractivity (Wildman–Crippen MR) is 80.7 cm³/mol. The summed E-state index contributed by atoms with van der Waals surface area (Å²) in [5, 5.41) is 6.86. The molecule has 0 aromatic rings. The standard InChI is InChI=1S/C14H34N4/c1-13(15)7-11-17-9-5-3-4-6-10-18-12-8-14(2)16/h13-14,17-18H,3-12,15-16H2,1-2H3. The van der Waals surface area contributed by atoms with E-state index < -0.39 is 0 Å². The Morgan fingerprint density at radius 2 is 1.06 bits per heavy atom. The van der Waals surface area contributed by atoms with Crippen molar-refractivity contribution >= 4 is 0 Å². The van der Waals surface area contributed by atoms with Crippen LogP contribution in [0.3, 0.4) is 0 Å². The molecule has 0 saturated carbocycles. The van der Waals surface area contributed by atoms with Crippen molar-refractivity contribution in [2.45, 2.75) is 64.5 Å². The summed E-state index contributed by atoms with van der Waals surface area (Å²) in [6.45, 7) is 8.48. The molecule has 110 valence electrons. The van der Waals surface area contributed by atoms with E-state index in [2.05, 4.69) is 24.5 Å². The van der Waals surface area contributed by atoms with Crippen molar-refractivity contribution in [1.29, 1.82) is 0 Å². The van der Waals surface area contributed by atoms with Crippen LogP contribution >= 0.6 is 0 Å². The molecule has 0 aliphatic carbocycles. The van der Waals surface area contributed by atoms with Gasteiger partial charge in [0.2, 0.25) is 0 Å². The first-order valence-electron chi connectivity index (χ1n) is 7.55. The van der Waals surface area contributed by atoms with Crippen molar-refractivity contribution in [2.75, 3.05) is 26.2 Å². The predicted octanol–water partition coefficient (Wildman–Crippen LogP) is 1.20. The molecule has 6 N–H and O–H groups in total. The SMILES string of the molecule is CC(N)CCNCCCCCCNCCC(C)N. The smallest absolute Gasteiger partial charge is 0.00225 e. The molecule has 0 saturated heterocycles. The van der Waals surface area contributed by atoms with E-state index in [0.29, 0.717) is 12.1 Å². The van der Waals surface area contributed by atoms with Gasteiger partial charge in [-0.25, -0.2) is 0 Å². The lowest BCUT2D eigenvalue weighted by Crippen LogP contribution is -2.25. The van der Waals surface area contributed by atoms with Crippen LogP contribution in [-0.4, -0.2) is 38.3 Å². The van der Waals surface area contributed by atoms with E-state index in [1.807, 2.05) is 0 Å². The largest absolute Gasteiger partial charge is 0.328 e. The van der Waals surface area contributed by atoms with Gasteiger partial charge < -0.3 is 22.1 Å². The number of nitrogens with two attached hydrogens (primary N) is 2. The minimum atomic E-state index is 0.319. The second kappa shape index (κ2) is 13.3. The van der Waals surface area contributed by atoms with E-state index >= 15 is 0 Å². The highest BCUT2D eigenvalue weighted by Crippen LogP contribution is 1.98. The molecule has 0 amide bonds. The van der Waals surface area contributed by atoms with Crippen molar-refractivity contribution < 1.29 is 0 Å². The summed E-state index contributed by atoms with van der Waals surface area (Å²) in [6, 6.07) is 0.639. The molecule has 4 heteroatoms. The fourth-order valence-electron chi connectivity index (χ4n) is 1.76. The summed E-state index contributed by atoms with van der Waals surface area (Å²) in [5.41, 5.74) is 11.4. The molecule has 0 heterocycles. The van der Waals surface area contributed by atoms with Gasteiger partial charge in [-0.05, 0) is 65.7 Å². The number of hydrogen-bond donors (Lipinski definition) is 4. The van der Waals surface area contributed by atoms with Crippen LogP contribution in [0.15, 0.2) is 0 Å². The molecular formula is C14H34N4. The Kier molecular flexibility index (Phi) is 13.2. The summed E-state index contributed by atoms with van der Waals surface area (Å²) in [4.78, 5) is 0. The molecule has 2 unspecified atom stereocenters. The maximum absolute atomic E-state index is 5.68. The fraction of sp³-hybridized carbons (Fsp3) is 1.00. The lowest BCUT2D eigenvalue weighted by atomic mass is 10.2.